The van der Waals surface area contributed by atoms with Crippen LogP contribution in [0.15, 0.2) is 0 Å². The molecule has 3 heteroatoms. The summed E-state index contributed by atoms with van der Waals surface area (Å²) in [6, 6.07) is 0.282. The summed E-state index contributed by atoms with van der Waals surface area (Å²) in [5, 5.41) is 12.7. The van der Waals surface area contributed by atoms with Gasteiger partial charge in [0.2, 0.25) is 0 Å². The van der Waals surface area contributed by atoms with E-state index in [1.54, 1.807) is 0 Å². The minimum Gasteiger partial charge on any atom is -0.395 e. The fraction of sp³-hybridized carbons (Fsp3) is 1.00. The van der Waals surface area contributed by atoms with Crippen molar-refractivity contribution >= 4 is 0 Å². The minimum absolute atomic E-state index is 0.264. The number of hydrogen-bond donors (Lipinski definition) is 2. The number of hydrogen-bond acceptors (Lipinski definition) is 3. The maximum atomic E-state index is 9.32. The topological polar surface area (TPSA) is 35.5 Å². The second-order valence-corrected chi connectivity index (χ2v) is 6.13. The van der Waals surface area contributed by atoms with Crippen molar-refractivity contribution in [3.8, 4) is 0 Å². The summed E-state index contributed by atoms with van der Waals surface area (Å²) >= 11 is 0. The predicted octanol–water partition coefficient (Wildman–Crippen LogP) is 2.25. The zero-order valence-corrected chi connectivity index (χ0v) is 12.5. The first-order chi connectivity index (χ1) is 8.63. The van der Waals surface area contributed by atoms with Crippen LogP contribution in [0.4, 0.5) is 0 Å². The van der Waals surface area contributed by atoms with Crippen LogP contribution in [0, 0.1) is 5.41 Å². The van der Waals surface area contributed by atoms with E-state index in [-0.39, 0.29) is 12.6 Å². The van der Waals surface area contributed by atoms with Gasteiger partial charge in [-0.1, -0.05) is 27.2 Å². The van der Waals surface area contributed by atoms with Crippen molar-refractivity contribution in [3.63, 3.8) is 0 Å². The summed E-state index contributed by atoms with van der Waals surface area (Å²) in [6.07, 6.45) is 6.16. The normalized spacial score (nSPS) is 22.0. The molecule has 0 aliphatic carbocycles. The van der Waals surface area contributed by atoms with E-state index in [1.165, 1.54) is 32.4 Å². The first-order valence-electron chi connectivity index (χ1n) is 7.70. The van der Waals surface area contributed by atoms with E-state index in [2.05, 4.69) is 31.0 Å². The van der Waals surface area contributed by atoms with Crippen molar-refractivity contribution in [2.24, 2.45) is 5.41 Å². The van der Waals surface area contributed by atoms with Crippen LogP contribution in [0.25, 0.3) is 0 Å². The van der Waals surface area contributed by atoms with E-state index < -0.39 is 0 Å². The fourth-order valence-electron chi connectivity index (χ4n) is 2.61. The number of aliphatic hydroxyl groups excluding tert-OH is 1. The average molecular weight is 256 g/mol. The SMILES string of the molecule is CCCNC(CO)CCN1CCC(C)(CC)CC1. The standard InChI is InChI=1S/C15H32N2O/c1-4-9-16-14(13-18)6-10-17-11-7-15(3,5-2)8-12-17/h14,16,18H,4-13H2,1-3H3. The van der Waals surface area contributed by atoms with Gasteiger partial charge in [-0.15, -0.1) is 0 Å². The summed E-state index contributed by atoms with van der Waals surface area (Å²) < 4.78 is 0. The summed E-state index contributed by atoms with van der Waals surface area (Å²) in [5.74, 6) is 0. The largest absolute Gasteiger partial charge is 0.395 e. The van der Waals surface area contributed by atoms with Crippen molar-refractivity contribution < 1.29 is 5.11 Å². The lowest BCUT2D eigenvalue weighted by Crippen LogP contribution is -2.42. The molecule has 0 aromatic rings. The van der Waals surface area contributed by atoms with E-state index in [9.17, 15) is 5.11 Å². The van der Waals surface area contributed by atoms with E-state index in [4.69, 9.17) is 0 Å². The van der Waals surface area contributed by atoms with Crippen LogP contribution in [0.3, 0.4) is 0 Å². The molecule has 0 aromatic carbocycles. The number of rotatable bonds is 8. The average Bonchev–Trinajstić information content (AvgIpc) is 2.41. The maximum absolute atomic E-state index is 9.32. The molecule has 1 aliphatic rings. The maximum Gasteiger partial charge on any atom is 0.0585 e. The first-order valence-corrected chi connectivity index (χ1v) is 7.70. The molecule has 108 valence electrons. The molecule has 1 rings (SSSR count). The molecule has 0 amide bonds. The number of nitrogens with zero attached hydrogens (tertiary/aromatic N) is 1. The molecule has 2 N–H and O–H groups in total. The van der Waals surface area contributed by atoms with Gasteiger partial charge in [-0.3, -0.25) is 0 Å². The molecule has 0 bridgehead atoms. The Morgan fingerprint density at radius 2 is 1.94 bits per heavy atom. The Bertz CT molecular complexity index is 213. The predicted molar refractivity (Wildman–Crippen MR) is 77.9 cm³/mol. The van der Waals surface area contributed by atoms with Crippen molar-refractivity contribution in [3.05, 3.63) is 0 Å². The van der Waals surface area contributed by atoms with Crippen LogP contribution < -0.4 is 5.32 Å². The van der Waals surface area contributed by atoms with Crippen LogP contribution in [0.1, 0.15) is 52.9 Å². The Balaban J connectivity index is 2.20. The zero-order chi connectivity index (χ0) is 13.4. The molecule has 18 heavy (non-hydrogen) atoms. The zero-order valence-electron chi connectivity index (χ0n) is 12.5. The van der Waals surface area contributed by atoms with Crippen LogP contribution >= 0.6 is 0 Å². The van der Waals surface area contributed by atoms with Gasteiger partial charge in [0.25, 0.3) is 0 Å². The molecule has 1 atom stereocenters. The highest BCUT2D eigenvalue weighted by Gasteiger charge is 2.28. The van der Waals surface area contributed by atoms with Gasteiger partial charge < -0.3 is 15.3 Å². The van der Waals surface area contributed by atoms with Crippen LogP contribution in [0.5, 0.6) is 0 Å². The summed E-state index contributed by atoms with van der Waals surface area (Å²) in [6.45, 7) is 11.8. The summed E-state index contributed by atoms with van der Waals surface area (Å²) in [7, 11) is 0. The van der Waals surface area contributed by atoms with Gasteiger partial charge in [0.1, 0.15) is 0 Å². The molecular formula is C15H32N2O. The highest BCUT2D eigenvalue weighted by Crippen LogP contribution is 2.33. The molecule has 1 aliphatic heterocycles. The molecule has 3 nitrogen and oxygen atoms in total. The number of piperidine rings is 1. The van der Waals surface area contributed by atoms with Crippen molar-refractivity contribution in [2.45, 2.75) is 58.9 Å². The third-order valence-corrected chi connectivity index (χ3v) is 4.61. The Kier molecular flexibility index (Phi) is 7.20. The summed E-state index contributed by atoms with van der Waals surface area (Å²) in [5.41, 5.74) is 0.577. The molecule has 1 saturated heterocycles. The minimum atomic E-state index is 0.264. The van der Waals surface area contributed by atoms with Gasteiger partial charge in [0.15, 0.2) is 0 Å². The quantitative estimate of drug-likeness (QED) is 0.699. The van der Waals surface area contributed by atoms with Crippen molar-refractivity contribution in [2.75, 3.05) is 32.8 Å². The van der Waals surface area contributed by atoms with Crippen LogP contribution in [-0.2, 0) is 0 Å². The van der Waals surface area contributed by atoms with E-state index in [1.807, 2.05) is 0 Å². The lowest BCUT2D eigenvalue weighted by molar-refractivity contribution is 0.107. The van der Waals surface area contributed by atoms with Gasteiger partial charge in [0.05, 0.1) is 6.61 Å². The molecule has 0 saturated carbocycles. The molecule has 1 heterocycles. The Hall–Kier alpha value is -0.120. The smallest absolute Gasteiger partial charge is 0.0585 e. The van der Waals surface area contributed by atoms with Crippen LogP contribution in [0.2, 0.25) is 0 Å². The van der Waals surface area contributed by atoms with Crippen molar-refractivity contribution in [1.82, 2.24) is 10.2 Å². The Labute approximate surface area is 113 Å². The van der Waals surface area contributed by atoms with Gasteiger partial charge in [-0.25, -0.2) is 0 Å². The molecule has 0 spiro atoms. The third-order valence-electron chi connectivity index (χ3n) is 4.61. The molecule has 1 fully saturated rings. The van der Waals surface area contributed by atoms with Crippen LogP contribution in [-0.4, -0.2) is 48.8 Å². The first kappa shape index (κ1) is 15.9. The Morgan fingerprint density at radius 1 is 1.28 bits per heavy atom. The molecule has 0 aromatic heterocycles. The van der Waals surface area contributed by atoms with Gasteiger partial charge in [-0.2, -0.15) is 0 Å². The Morgan fingerprint density at radius 3 is 2.44 bits per heavy atom. The third kappa shape index (κ3) is 5.25. The number of nitrogens with one attached hydrogen (secondary N) is 1. The highest BCUT2D eigenvalue weighted by molar-refractivity contribution is 4.81. The monoisotopic (exact) mass is 256 g/mol. The highest BCUT2D eigenvalue weighted by atomic mass is 16.3. The molecular weight excluding hydrogens is 224 g/mol. The van der Waals surface area contributed by atoms with Gasteiger partial charge >= 0.3 is 0 Å². The summed E-state index contributed by atoms with van der Waals surface area (Å²) in [4.78, 5) is 2.56. The lowest BCUT2D eigenvalue weighted by atomic mass is 9.78. The second-order valence-electron chi connectivity index (χ2n) is 6.13. The fourth-order valence-corrected chi connectivity index (χ4v) is 2.61. The second kappa shape index (κ2) is 8.13. The lowest BCUT2D eigenvalue weighted by Gasteiger charge is -2.39. The number of likely N-dealkylation sites (tertiary alicyclic amines) is 1. The number of aliphatic hydroxyl groups is 1. The molecule has 1 unspecified atom stereocenters. The van der Waals surface area contributed by atoms with Crippen molar-refractivity contribution in [1.29, 1.82) is 0 Å². The van der Waals surface area contributed by atoms with Gasteiger partial charge in [-0.05, 0) is 57.3 Å². The van der Waals surface area contributed by atoms with E-state index in [0.29, 0.717) is 5.41 Å². The van der Waals surface area contributed by atoms with Gasteiger partial charge in [0, 0.05) is 6.04 Å². The van der Waals surface area contributed by atoms with E-state index >= 15 is 0 Å². The van der Waals surface area contributed by atoms with E-state index in [0.717, 1.165) is 25.9 Å². The molecule has 0 radical (unpaired) electrons.